The van der Waals surface area contributed by atoms with Gasteiger partial charge in [0, 0.05) is 30.4 Å². The zero-order valence-corrected chi connectivity index (χ0v) is 13.7. The number of aryl methyl sites for hydroxylation is 1. The summed E-state index contributed by atoms with van der Waals surface area (Å²) in [6, 6.07) is 8.70. The molecule has 1 aliphatic rings. The van der Waals surface area contributed by atoms with Crippen LogP contribution in [-0.2, 0) is 9.59 Å². The number of carbonyl (C=O) groups is 2. The lowest BCUT2D eigenvalue weighted by molar-refractivity contribution is -0.117. The molecule has 7 heteroatoms. The third kappa shape index (κ3) is 3.56. The van der Waals surface area contributed by atoms with Crippen molar-refractivity contribution in [2.24, 2.45) is 0 Å². The van der Waals surface area contributed by atoms with Gasteiger partial charge in [0.15, 0.2) is 0 Å². The van der Waals surface area contributed by atoms with Gasteiger partial charge < -0.3 is 14.7 Å². The molecule has 1 aliphatic heterocycles. The van der Waals surface area contributed by atoms with Crippen molar-refractivity contribution >= 4 is 29.1 Å². The van der Waals surface area contributed by atoms with Crippen LogP contribution in [-0.4, -0.2) is 29.6 Å². The summed E-state index contributed by atoms with van der Waals surface area (Å²) < 4.78 is 4.98. The zero-order valence-electron chi connectivity index (χ0n) is 13.7. The van der Waals surface area contributed by atoms with Gasteiger partial charge in [-0.3, -0.25) is 14.9 Å². The first-order valence-corrected chi connectivity index (χ1v) is 7.94. The first kappa shape index (κ1) is 16.0. The Morgan fingerprint density at radius 3 is 2.88 bits per heavy atom. The van der Waals surface area contributed by atoms with Gasteiger partial charge in [0.2, 0.25) is 17.7 Å². The van der Waals surface area contributed by atoms with E-state index in [9.17, 15) is 9.59 Å². The molecule has 1 fully saturated rings. The Morgan fingerprint density at radius 1 is 1.38 bits per heavy atom. The van der Waals surface area contributed by atoms with Crippen LogP contribution in [0.15, 0.2) is 34.9 Å². The highest BCUT2D eigenvalue weighted by Gasteiger charge is 2.22. The SMILES string of the molecule is Cc1cc(NC(=O)[C@@H](C)Nc2cccc(N3CCCC3=O)c2)on1. The lowest BCUT2D eigenvalue weighted by Gasteiger charge is -2.19. The molecule has 0 unspecified atom stereocenters. The summed E-state index contributed by atoms with van der Waals surface area (Å²) in [5, 5.41) is 9.53. The van der Waals surface area contributed by atoms with Crippen molar-refractivity contribution < 1.29 is 14.1 Å². The number of anilines is 3. The average Bonchev–Trinajstić information content (AvgIpc) is 3.16. The highest BCUT2D eigenvalue weighted by atomic mass is 16.5. The molecule has 24 heavy (non-hydrogen) atoms. The summed E-state index contributed by atoms with van der Waals surface area (Å²) in [5.41, 5.74) is 2.33. The van der Waals surface area contributed by atoms with Gasteiger partial charge in [-0.15, -0.1) is 0 Å². The largest absolute Gasteiger partial charge is 0.374 e. The Kier molecular flexibility index (Phi) is 4.50. The molecule has 2 heterocycles. The Balaban J connectivity index is 1.64. The highest BCUT2D eigenvalue weighted by Crippen LogP contribution is 2.24. The van der Waals surface area contributed by atoms with Gasteiger partial charge in [-0.1, -0.05) is 11.2 Å². The third-order valence-corrected chi connectivity index (χ3v) is 3.88. The highest BCUT2D eigenvalue weighted by molar-refractivity contribution is 5.97. The van der Waals surface area contributed by atoms with E-state index in [0.717, 1.165) is 24.3 Å². The van der Waals surface area contributed by atoms with Crippen LogP contribution in [0, 0.1) is 6.92 Å². The van der Waals surface area contributed by atoms with E-state index >= 15 is 0 Å². The quantitative estimate of drug-likeness (QED) is 0.881. The lowest BCUT2D eigenvalue weighted by atomic mass is 10.2. The van der Waals surface area contributed by atoms with E-state index in [1.165, 1.54) is 0 Å². The summed E-state index contributed by atoms with van der Waals surface area (Å²) in [7, 11) is 0. The fourth-order valence-corrected chi connectivity index (χ4v) is 2.65. The molecule has 1 aromatic heterocycles. The maximum Gasteiger partial charge on any atom is 0.248 e. The number of amides is 2. The monoisotopic (exact) mass is 328 g/mol. The van der Waals surface area contributed by atoms with Gasteiger partial charge in [-0.2, -0.15) is 0 Å². The van der Waals surface area contributed by atoms with Gasteiger partial charge in [0.05, 0.1) is 5.69 Å². The lowest BCUT2D eigenvalue weighted by Crippen LogP contribution is -2.32. The second-order valence-electron chi connectivity index (χ2n) is 5.89. The zero-order chi connectivity index (χ0) is 17.1. The third-order valence-electron chi connectivity index (χ3n) is 3.88. The van der Waals surface area contributed by atoms with E-state index in [0.29, 0.717) is 18.0 Å². The topological polar surface area (TPSA) is 87.5 Å². The molecule has 1 aromatic carbocycles. The summed E-state index contributed by atoms with van der Waals surface area (Å²) in [5.74, 6) is 0.231. The van der Waals surface area contributed by atoms with Crippen molar-refractivity contribution in [1.82, 2.24) is 5.16 Å². The molecule has 1 atom stereocenters. The molecular formula is C17H20N4O3. The van der Waals surface area contributed by atoms with Crippen LogP contribution >= 0.6 is 0 Å². The smallest absolute Gasteiger partial charge is 0.248 e. The molecule has 0 aliphatic carbocycles. The summed E-state index contributed by atoms with van der Waals surface area (Å²) in [6.07, 6.45) is 1.47. The van der Waals surface area contributed by atoms with Crippen molar-refractivity contribution in [2.45, 2.75) is 32.7 Å². The fraction of sp³-hybridized carbons (Fsp3) is 0.353. The van der Waals surface area contributed by atoms with E-state index in [-0.39, 0.29) is 11.8 Å². The molecule has 7 nitrogen and oxygen atoms in total. The summed E-state index contributed by atoms with van der Waals surface area (Å²) in [4.78, 5) is 25.8. The van der Waals surface area contributed by atoms with Crippen molar-refractivity contribution in [1.29, 1.82) is 0 Å². The van der Waals surface area contributed by atoms with Crippen LogP contribution in [0.25, 0.3) is 0 Å². The predicted octanol–water partition coefficient (Wildman–Crippen LogP) is 2.55. The number of hydrogen-bond donors (Lipinski definition) is 2. The van der Waals surface area contributed by atoms with Crippen LogP contribution in [0.3, 0.4) is 0 Å². The Bertz CT molecular complexity index is 756. The maximum atomic E-state index is 12.2. The number of hydrogen-bond acceptors (Lipinski definition) is 5. The number of nitrogens with one attached hydrogen (secondary N) is 2. The van der Waals surface area contributed by atoms with E-state index in [4.69, 9.17) is 4.52 Å². The van der Waals surface area contributed by atoms with Gasteiger partial charge >= 0.3 is 0 Å². The maximum absolute atomic E-state index is 12.2. The minimum atomic E-state index is -0.472. The van der Waals surface area contributed by atoms with Gasteiger partial charge in [0.1, 0.15) is 6.04 Å². The van der Waals surface area contributed by atoms with Crippen molar-refractivity contribution in [2.75, 3.05) is 22.1 Å². The van der Waals surface area contributed by atoms with E-state index in [1.807, 2.05) is 24.3 Å². The normalized spacial score (nSPS) is 15.4. The first-order chi connectivity index (χ1) is 11.5. The molecule has 1 saturated heterocycles. The predicted molar refractivity (Wildman–Crippen MR) is 91.0 cm³/mol. The molecular weight excluding hydrogens is 308 g/mol. The van der Waals surface area contributed by atoms with Crippen LogP contribution in [0.1, 0.15) is 25.5 Å². The Labute approximate surface area is 140 Å². The van der Waals surface area contributed by atoms with Crippen LogP contribution < -0.4 is 15.5 Å². The number of nitrogens with zero attached hydrogens (tertiary/aromatic N) is 2. The van der Waals surface area contributed by atoms with Crippen LogP contribution in [0.5, 0.6) is 0 Å². The Hall–Kier alpha value is -2.83. The number of carbonyl (C=O) groups excluding carboxylic acids is 2. The standard InChI is InChI=1S/C17H20N4O3/c1-11-9-15(24-20-11)19-17(23)12(2)18-13-5-3-6-14(10-13)21-8-4-7-16(21)22/h3,5-6,9-10,12,18H,4,7-8H2,1-2H3,(H,19,23)/t12-/m1/s1. The number of aromatic nitrogens is 1. The average molecular weight is 328 g/mol. The summed E-state index contributed by atoms with van der Waals surface area (Å²) in [6.45, 7) is 4.28. The first-order valence-electron chi connectivity index (χ1n) is 7.94. The molecule has 0 spiro atoms. The second kappa shape index (κ2) is 6.74. The van der Waals surface area contributed by atoms with Crippen molar-refractivity contribution in [3.63, 3.8) is 0 Å². The van der Waals surface area contributed by atoms with Gasteiger partial charge in [-0.05, 0) is 38.5 Å². The van der Waals surface area contributed by atoms with Gasteiger partial charge in [0.25, 0.3) is 0 Å². The minimum absolute atomic E-state index is 0.138. The fourth-order valence-electron chi connectivity index (χ4n) is 2.65. The minimum Gasteiger partial charge on any atom is -0.374 e. The number of rotatable bonds is 5. The molecule has 126 valence electrons. The molecule has 2 amide bonds. The molecule has 3 rings (SSSR count). The van der Waals surface area contributed by atoms with Crippen LogP contribution in [0.2, 0.25) is 0 Å². The second-order valence-corrected chi connectivity index (χ2v) is 5.89. The van der Waals surface area contributed by atoms with Gasteiger partial charge in [-0.25, -0.2) is 0 Å². The van der Waals surface area contributed by atoms with E-state index in [1.54, 1.807) is 24.8 Å². The van der Waals surface area contributed by atoms with Crippen molar-refractivity contribution in [3.05, 3.63) is 36.0 Å². The molecule has 2 aromatic rings. The Morgan fingerprint density at radius 2 is 2.21 bits per heavy atom. The molecule has 0 radical (unpaired) electrons. The van der Waals surface area contributed by atoms with Crippen molar-refractivity contribution in [3.8, 4) is 0 Å². The number of benzene rings is 1. The van der Waals surface area contributed by atoms with Crippen LogP contribution in [0.4, 0.5) is 17.3 Å². The molecule has 0 bridgehead atoms. The van der Waals surface area contributed by atoms with E-state index in [2.05, 4.69) is 15.8 Å². The summed E-state index contributed by atoms with van der Waals surface area (Å²) >= 11 is 0. The molecule has 0 saturated carbocycles. The molecule has 2 N–H and O–H groups in total. The van der Waals surface area contributed by atoms with E-state index < -0.39 is 6.04 Å².